The third kappa shape index (κ3) is 5.65. The van der Waals surface area contributed by atoms with Crippen molar-refractivity contribution in [1.82, 2.24) is 21.3 Å². The molecule has 2 fully saturated rings. The van der Waals surface area contributed by atoms with Gasteiger partial charge < -0.3 is 21.3 Å². The van der Waals surface area contributed by atoms with E-state index in [0.29, 0.717) is 19.1 Å². The summed E-state index contributed by atoms with van der Waals surface area (Å²) in [7, 11) is 0. The van der Waals surface area contributed by atoms with Crippen LogP contribution in [0.25, 0.3) is 0 Å². The number of carbonyl (C=O) groups is 2. The highest BCUT2D eigenvalue weighted by molar-refractivity contribution is 5.91. The normalized spacial score (nSPS) is 21.0. The highest BCUT2D eigenvalue weighted by atomic mass is 16.2. The molecule has 0 spiro atoms. The fraction of sp³-hybridized carbons (Fsp3) is 0.889. The quantitative estimate of drug-likeness (QED) is 0.423. The van der Waals surface area contributed by atoms with E-state index in [1.54, 1.807) is 0 Å². The van der Waals surface area contributed by atoms with E-state index in [2.05, 4.69) is 21.3 Å². The molecule has 0 aromatic heterocycles. The molecule has 2 aliphatic rings. The third-order valence-electron chi connectivity index (χ3n) is 5.28. The molecular weight excluding hydrogens is 304 g/mol. The fourth-order valence-corrected chi connectivity index (χ4v) is 3.91. The molecule has 6 heteroatoms. The SMILES string of the molecule is CCNC(=O)NC1(C(=O)NCCNC2CCCCCC2)CCCC1. The van der Waals surface area contributed by atoms with Crippen molar-refractivity contribution in [1.29, 1.82) is 0 Å². The van der Waals surface area contributed by atoms with Crippen LogP contribution in [0.2, 0.25) is 0 Å². The lowest BCUT2D eigenvalue weighted by molar-refractivity contribution is -0.127. The number of amides is 3. The highest BCUT2D eigenvalue weighted by Gasteiger charge is 2.42. The van der Waals surface area contributed by atoms with Crippen molar-refractivity contribution in [2.24, 2.45) is 0 Å². The molecule has 0 bridgehead atoms. The standard InChI is InChI=1S/C18H34N4O2/c1-2-19-17(24)22-18(11-7-8-12-18)16(23)21-14-13-20-15-9-5-3-4-6-10-15/h15,20H,2-14H2,1H3,(H,21,23)(H2,19,22,24). The van der Waals surface area contributed by atoms with Gasteiger partial charge in [0.15, 0.2) is 0 Å². The van der Waals surface area contributed by atoms with E-state index in [4.69, 9.17) is 0 Å². The first-order valence-electron chi connectivity index (χ1n) is 9.74. The van der Waals surface area contributed by atoms with E-state index >= 15 is 0 Å². The Kier molecular flexibility index (Phi) is 7.82. The molecule has 2 rings (SSSR count). The van der Waals surface area contributed by atoms with Gasteiger partial charge in [0.05, 0.1) is 0 Å². The molecule has 6 nitrogen and oxygen atoms in total. The molecule has 0 heterocycles. The molecular formula is C18H34N4O2. The van der Waals surface area contributed by atoms with Crippen LogP contribution in [0.3, 0.4) is 0 Å². The van der Waals surface area contributed by atoms with Crippen molar-refractivity contribution < 1.29 is 9.59 Å². The molecule has 0 aromatic carbocycles. The summed E-state index contributed by atoms with van der Waals surface area (Å²) in [5.74, 6) is -0.0334. The van der Waals surface area contributed by atoms with Crippen LogP contribution in [0, 0.1) is 0 Å². The van der Waals surface area contributed by atoms with Crippen molar-refractivity contribution in [3.05, 3.63) is 0 Å². The maximum absolute atomic E-state index is 12.6. The molecule has 2 aliphatic carbocycles. The van der Waals surface area contributed by atoms with Crippen LogP contribution < -0.4 is 21.3 Å². The van der Waals surface area contributed by atoms with Crippen LogP contribution in [0.15, 0.2) is 0 Å². The van der Waals surface area contributed by atoms with E-state index < -0.39 is 5.54 Å². The van der Waals surface area contributed by atoms with Crippen molar-refractivity contribution in [2.75, 3.05) is 19.6 Å². The Hall–Kier alpha value is -1.30. The average molecular weight is 338 g/mol. The lowest BCUT2D eigenvalue weighted by atomic mass is 9.96. The van der Waals surface area contributed by atoms with Gasteiger partial charge in [-0.15, -0.1) is 0 Å². The van der Waals surface area contributed by atoms with Crippen LogP contribution in [-0.4, -0.2) is 43.2 Å². The van der Waals surface area contributed by atoms with Crippen LogP contribution in [-0.2, 0) is 4.79 Å². The van der Waals surface area contributed by atoms with Crippen LogP contribution in [0.5, 0.6) is 0 Å². The average Bonchev–Trinajstić information content (AvgIpc) is 2.88. The summed E-state index contributed by atoms with van der Waals surface area (Å²) in [4.78, 5) is 24.5. The van der Waals surface area contributed by atoms with Crippen LogP contribution in [0.4, 0.5) is 4.79 Å². The molecule has 4 N–H and O–H groups in total. The van der Waals surface area contributed by atoms with Crippen molar-refractivity contribution in [3.63, 3.8) is 0 Å². The van der Waals surface area contributed by atoms with E-state index in [0.717, 1.165) is 32.2 Å². The zero-order valence-electron chi connectivity index (χ0n) is 15.1. The molecule has 138 valence electrons. The zero-order chi connectivity index (χ0) is 17.3. The molecule has 0 aliphatic heterocycles. The first-order valence-corrected chi connectivity index (χ1v) is 9.74. The van der Waals surface area contributed by atoms with Gasteiger partial charge in [0.1, 0.15) is 5.54 Å². The molecule has 3 amide bonds. The van der Waals surface area contributed by atoms with Gasteiger partial charge in [-0.05, 0) is 32.6 Å². The third-order valence-corrected chi connectivity index (χ3v) is 5.28. The van der Waals surface area contributed by atoms with Crippen molar-refractivity contribution in [3.8, 4) is 0 Å². The number of carbonyl (C=O) groups excluding carboxylic acids is 2. The Balaban J connectivity index is 1.73. The second kappa shape index (κ2) is 9.87. The van der Waals surface area contributed by atoms with Gasteiger partial charge in [-0.2, -0.15) is 0 Å². The van der Waals surface area contributed by atoms with Gasteiger partial charge in [0, 0.05) is 25.7 Å². The van der Waals surface area contributed by atoms with Crippen molar-refractivity contribution in [2.45, 2.75) is 82.7 Å². The van der Waals surface area contributed by atoms with Gasteiger partial charge >= 0.3 is 6.03 Å². The first-order chi connectivity index (χ1) is 11.7. The zero-order valence-corrected chi connectivity index (χ0v) is 15.1. The summed E-state index contributed by atoms with van der Waals surface area (Å²) < 4.78 is 0. The Morgan fingerprint density at radius 2 is 1.58 bits per heavy atom. The smallest absolute Gasteiger partial charge is 0.315 e. The predicted octanol–water partition coefficient (Wildman–Crippen LogP) is 2.05. The summed E-state index contributed by atoms with van der Waals surface area (Å²) in [6.07, 6.45) is 11.2. The number of urea groups is 1. The lowest BCUT2D eigenvalue weighted by Gasteiger charge is -2.29. The molecule has 0 saturated heterocycles. The summed E-state index contributed by atoms with van der Waals surface area (Å²) >= 11 is 0. The Labute approximate surface area is 145 Å². The number of nitrogens with one attached hydrogen (secondary N) is 4. The molecule has 2 saturated carbocycles. The van der Waals surface area contributed by atoms with Crippen LogP contribution in [0.1, 0.15) is 71.1 Å². The van der Waals surface area contributed by atoms with Gasteiger partial charge in [0.25, 0.3) is 0 Å². The van der Waals surface area contributed by atoms with Gasteiger partial charge in [-0.3, -0.25) is 4.79 Å². The highest BCUT2D eigenvalue weighted by Crippen LogP contribution is 2.29. The van der Waals surface area contributed by atoms with E-state index in [-0.39, 0.29) is 11.9 Å². The minimum absolute atomic E-state index is 0.0334. The predicted molar refractivity (Wildman–Crippen MR) is 95.9 cm³/mol. The second-order valence-electron chi connectivity index (χ2n) is 7.17. The monoisotopic (exact) mass is 338 g/mol. The van der Waals surface area contributed by atoms with Gasteiger partial charge in [0.2, 0.25) is 5.91 Å². The fourth-order valence-electron chi connectivity index (χ4n) is 3.91. The minimum atomic E-state index is -0.721. The Bertz CT molecular complexity index is 400. The number of hydrogen-bond acceptors (Lipinski definition) is 3. The molecule has 0 aromatic rings. The van der Waals surface area contributed by atoms with E-state index in [9.17, 15) is 9.59 Å². The topological polar surface area (TPSA) is 82.3 Å². The number of rotatable bonds is 7. The Morgan fingerprint density at radius 1 is 0.917 bits per heavy atom. The Morgan fingerprint density at radius 3 is 2.21 bits per heavy atom. The molecule has 0 atom stereocenters. The maximum atomic E-state index is 12.6. The first kappa shape index (κ1) is 19.0. The maximum Gasteiger partial charge on any atom is 0.315 e. The molecule has 0 unspecified atom stereocenters. The van der Waals surface area contributed by atoms with E-state index in [1.807, 2.05) is 6.92 Å². The summed E-state index contributed by atoms with van der Waals surface area (Å²) in [6, 6.07) is 0.351. The second-order valence-corrected chi connectivity index (χ2v) is 7.17. The minimum Gasteiger partial charge on any atom is -0.353 e. The van der Waals surface area contributed by atoms with E-state index in [1.165, 1.54) is 38.5 Å². The summed E-state index contributed by atoms with van der Waals surface area (Å²) in [5, 5.41) is 12.2. The number of hydrogen-bond donors (Lipinski definition) is 4. The summed E-state index contributed by atoms with van der Waals surface area (Å²) in [5.41, 5.74) is -0.721. The summed E-state index contributed by atoms with van der Waals surface area (Å²) in [6.45, 7) is 3.86. The molecule has 24 heavy (non-hydrogen) atoms. The van der Waals surface area contributed by atoms with Crippen molar-refractivity contribution >= 4 is 11.9 Å². The van der Waals surface area contributed by atoms with Crippen LogP contribution >= 0.6 is 0 Å². The largest absolute Gasteiger partial charge is 0.353 e. The lowest BCUT2D eigenvalue weighted by Crippen LogP contribution is -2.59. The van der Waals surface area contributed by atoms with Gasteiger partial charge in [-0.1, -0.05) is 38.5 Å². The van der Waals surface area contributed by atoms with Gasteiger partial charge in [-0.25, -0.2) is 4.79 Å². The molecule has 0 radical (unpaired) electrons.